The van der Waals surface area contributed by atoms with Crippen LogP contribution in [0.2, 0.25) is 0 Å². The molecule has 15 heavy (non-hydrogen) atoms. The third-order valence-corrected chi connectivity index (χ3v) is 3.38. The van der Waals surface area contributed by atoms with E-state index in [2.05, 4.69) is 10.2 Å². The summed E-state index contributed by atoms with van der Waals surface area (Å²) in [6, 6.07) is 0. The van der Waals surface area contributed by atoms with Crippen molar-refractivity contribution in [2.24, 2.45) is 7.05 Å². The van der Waals surface area contributed by atoms with Crippen molar-refractivity contribution in [2.75, 3.05) is 0 Å². The number of hydrogen-bond donors (Lipinski definition) is 2. The fraction of sp³-hybridized carbons (Fsp3) is 0.625. The van der Waals surface area contributed by atoms with Gasteiger partial charge in [0.05, 0.1) is 6.42 Å². The van der Waals surface area contributed by atoms with E-state index in [1.54, 1.807) is 7.05 Å². The third kappa shape index (κ3) is 3.12. The molecule has 0 fully saturated rings. The molecule has 0 radical (unpaired) electrons. The number of nitrogens with one attached hydrogen (secondary N) is 1. The third-order valence-electron chi connectivity index (χ3n) is 1.97. The maximum atomic E-state index is 11.0. The summed E-state index contributed by atoms with van der Waals surface area (Å²) >= 11 is 1.30. The second-order valence-corrected chi connectivity index (χ2v) is 4.38. The van der Waals surface area contributed by atoms with Crippen molar-refractivity contribution in [3.05, 3.63) is 10.5 Å². The molecule has 1 heterocycles. The minimum Gasteiger partial charge on any atom is -0.481 e. The Balaban J connectivity index is 2.70. The Kier molecular flexibility index (Phi) is 3.96. The fourth-order valence-electron chi connectivity index (χ4n) is 1.05. The van der Waals surface area contributed by atoms with Gasteiger partial charge in [-0.3, -0.25) is 9.36 Å². The first kappa shape index (κ1) is 11.8. The van der Waals surface area contributed by atoms with Crippen molar-refractivity contribution in [2.45, 2.75) is 30.2 Å². The van der Waals surface area contributed by atoms with Crippen molar-refractivity contribution >= 4 is 17.7 Å². The molecule has 1 rings (SSSR count). The average Bonchev–Trinajstić information content (AvgIpc) is 2.48. The van der Waals surface area contributed by atoms with Crippen molar-refractivity contribution in [1.29, 1.82) is 0 Å². The Labute approximate surface area is 90.7 Å². The second-order valence-electron chi connectivity index (χ2n) is 3.12. The van der Waals surface area contributed by atoms with Crippen LogP contribution < -0.4 is 5.69 Å². The molecule has 6 nitrogen and oxygen atoms in total. The zero-order valence-electron chi connectivity index (χ0n) is 8.56. The monoisotopic (exact) mass is 231 g/mol. The van der Waals surface area contributed by atoms with E-state index >= 15 is 0 Å². The number of carboxylic acids is 1. The topological polar surface area (TPSA) is 88.0 Å². The van der Waals surface area contributed by atoms with Gasteiger partial charge in [0.1, 0.15) is 0 Å². The number of H-pyrrole nitrogens is 1. The van der Waals surface area contributed by atoms with E-state index in [-0.39, 0.29) is 17.4 Å². The summed E-state index contributed by atoms with van der Waals surface area (Å²) in [5.41, 5.74) is -0.289. The van der Waals surface area contributed by atoms with Crippen LogP contribution >= 0.6 is 11.8 Å². The number of hydrogen-bond acceptors (Lipinski definition) is 4. The van der Waals surface area contributed by atoms with Crippen LogP contribution in [0.1, 0.15) is 19.8 Å². The van der Waals surface area contributed by atoms with Crippen LogP contribution in [0.25, 0.3) is 0 Å². The van der Waals surface area contributed by atoms with Gasteiger partial charge in [0.25, 0.3) is 0 Å². The number of nitrogens with zero attached hydrogens (tertiary/aromatic N) is 2. The molecular formula is C8H13N3O3S. The van der Waals surface area contributed by atoms with Gasteiger partial charge in [0.15, 0.2) is 5.16 Å². The molecule has 0 aliphatic carbocycles. The summed E-state index contributed by atoms with van der Waals surface area (Å²) in [6.07, 6.45) is 0.792. The predicted octanol–water partition coefficient (Wildman–Crippen LogP) is 0.454. The van der Waals surface area contributed by atoms with Gasteiger partial charge >= 0.3 is 11.7 Å². The molecule has 0 aromatic carbocycles. The van der Waals surface area contributed by atoms with Crippen molar-refractivity contribution in [3.8, 4) is 0 Å². The SMILES string of the molecule is CCC(CC(=O)O)Sc1n[nH]c(=O)n1C. The molecule has 7 heteroatoms. The first-order chi connectivity index (χ1) is 7.04. The van der Waals surface area contributed by atoms with Crippen LogP contribution in [0.4, 0.5) is 0 Å². The molecule has 1 unspecified atom stereocenters. The highest BCUT2D eigenvalue weighted by atomic mass is 32.2. The van der Waals surface area contributed by atoms with E-state index in [9.17, 15) is 9.59 Å². The van der Waals surface area contributed by atoms with E-state index in [0.717, 1.165) is 6.42 Å². The molecule has 1 atom stereocenters. The van der Waals surface area contributed by atoms with Gasteiger partial charge in [0, 0.05) is 12.3 Å². The Morgan fingerprint density at radius 1 is 1.73 bits per heavy atom. The minimum absolute atomic E-state index is 0.0589. The van der Waals surface area contributed by atoms with Crippen molar-refractivity contribution < 1.29 is 9.90 Å². The minimum atomic E-state index is -0.838. The van der Waals surface area contributed by atoms with Crippen LogP contribution in [0.15, 0.2) is 9.95 Å². The average molecular weight is 231 g/mol. The number of aromatic amines is 1. The Bertz CT molecular complexity index is 398. The summed E-state index contributed by atoms with van der Waals surface area (Å²) in [5.74, 6) is -0.838. The smallest absolute Gasteiger partial charge is 0.343 e. The zero-order chi connectivity index (χ0) is 11.4. The number of thioether (sulfide) groups is 1. The van der Waals surface area contributed by atoms with Gasteiger partial charge in [-0.05, 0) is 6.42 Å². The highest BCUT2D eigenvalue weighted by Gasteiger charge is 2.16. The Morgan fingerprint density at radius 3 is 2.80 bits per heavy atom. The molecule has 0 aliphatic heterocycles. The lowest BCUT2D eigenvalue weighted by molar-refractivity contribution is -0.136. The lowest BCUT2D eigenvalue weighted by atomic mass is 10.2. The molecule has 0 amide bonds. The van der Waals surface area contributed by atoms with Crippen LogP contribution in [-0.4, -0.2) is 31.1 Å². The van der Waals surface area contributed by atoms with Crippen LogP contribution in [0.3, 0.4) is 0 Å². The lowest BCUT2D eigenvalue weighted by Crippen LogP contribution is -2.14. The molecule has 84 valence electrons. The molecule has 0 aliphatic rings. The maximum absolute atomic E-state index is 11.0. The Hall–Kier alpha value is -1.24. The quantitative estimate of drug-likeness (QED) is 0.718. The van der Waals surface area contributed by atoms with Gasteiger partial charge < -0.3 is 5.11 Å². The summed E-state index contributed by atoms with van der Waals surface area (Å²) in [4.78, 5) is 21.6. The summed E-state index contributed by atoms with van der Waals surface area (Å²) in [5, 5.41) is 15.2. The predicted molar refractivity (Wildman–Crippen MR) is 56.0 cm³/mol. The first-order valence-corrected chi connectivity index (χ1v) is 5.42. The second kappa shape index (κ2) is 5.01. The van der Waals surface area contributed by atoms with E-state index in [1.807, 2.05) is 6.92 Å². The van der Waals surface area contributed by atoms with E-state index in [4.69, 9.17) is 5.11 Å². The van der Waals surface area contributed by atoms with E-state index in [1.165, 1.54) is 16.3 Å². The number of carboxylic acid groups (broad SMARTS) is 1. The summed E-state index contributed by atoms with van der Waals surface area (Å²) in [7, 11) is 1.60. The summed E-state index contributed by atoms with van der Waals surface area (Å²) in [6.45, 7) is 1.91. The first-order valence-electron chi connectivity index (χ1n) is 4.54. The zero-order valence-corrected chi connectivity index (χ0v) is 9.37. The molecule has 1 aromatic heterocycles. The normalized spacial score (nSPS) is 12.7. The van der Waals surface area contributed by atoms with Crippen LogP contribution in [0.5, 0.6) is 0 Å². The molecule has 0 bridgehead atoms. The molecular weight excluding hydrogens is 218 g/mol. The molecule has 2 N–H and O–H groups in total. The molecule has 0 saturated carbocycles. The number of rotatable bonds is 5. The molecule has 0 spiro atoms. The van der Waals surface area contributed by atoms with Gasteiger partial charge in [0.2, 0.25) is 0 Å². The van der Waals surface area contributed by atoms with E-state index in [0.29, 0.717) is 5.16 Å². The van der Waals surface area contributed by atoms with Crippen molar-refractivity contribution in [3.63, 3.8) is 0 Å². The molecule has 0 saturated heterocycles. The van der Waals surface area contributed by atoms with Gasteiger partial charge in [-0.15, -0.1) is 5.10 Å². The maximum Gasteiger partial charge on any atom is 0.343 e. The van der Waals surface area contributed by atoms with Gasteiger partial charge in [-0.2, -0.15) is 0 Å². The number of aromatic nitrogens is 3. The number of carbonyl (C=O) groups is 1. The van der Waals surface area contributed by atoms with Crippen molar-refractivity contribution in [1.82, 2.24) is 14.8 Å². The fourth-order valence-corrected chi connectivity index (χ4v) is 2.08. The summed E-state index contributed by atoms with van der Waals surface area (Å²) < 4.78 is 1.37. The Morgan fingerprint density at radius 2 is 2.40 bits per heavy atom. The standard InChI is InChI=1S/C8H13N3O3S/c1-3-5(4-6(12)13)15-8-10-9-7(14)11(8)2/h5H,3-4H2,1-2H3,(H,9,14)(H,12,13). The van der Waals surface area contributed by atoms with Crippen LogP contribution in [0, 0.1) is 0 Å². The largest absolute Gasteiger partial charge is 0.481 e. The number of aliphatic carboxylic acids is 1. The van der Waals surface area contributed by atoms with E-state index < -0.39 is 5.97 Å². The molecule has 1 aromatic rings. The van der Waals surface area contributed by atoms with Crippen LogP contribution in [-0.2, 0) is 11.8 Å². The van der Waals surface area contributed by atoms with Gasteiger partial charge in [-0.25, -0.2) is 9.89 Å². The van der Waals surface area contributed by atoms with Gasteiger partial charge in [-0.1, -0.05) is 18.7 Å². The lowest BCUT2D eigenvalue weighted by Gasteiger charge is -2.09. The highest BCUT2D eigenvalue weighted by Crippen LogP contribution is 2.24. The highest BCUT2D eigenvalue weighted by molar-refractivity contribution is 7.99.